The van der Waals surface area contributed by atoms with Gasteiger partial charge >= 0.3 is 5.76 Å². The van der Waals surface area contributed by atoms with E-state index < -0.39 is 15.6 Å². The van der Waals surface area contributed by atoms with Gasteiger partial charge < -0.3 is 5.32 Å². The van der Waals surface area contributed by atoms with Crippen molar-refractivity contribution in [2.75, 3.05) is 5.32 Å². The van der Waals surface area contributed by atoms with Gasteiger partial charge in [0, 0.05) is 18.4 Å². The van der Waals surface area contributed by atoms with Gasteiger partial charge in [-0.2, -0.15) is 13.9 Å². The molecule has 1 heterocycles. The number of alkyl halides is 2. The van der Waals surface area contributed by atoms with Crippen molar-refractivity contribution < 1.29 is 17.2 Å². The SMILES string of the molecule is CCn1nccc1CNc1ccc(S(=O)(=O)C(F)F)cc1. The number of anilines is 1. The molecule has 0 aliphatic rings. The third kappa shape index (κ3) is 3.38. The molecule has 0 amide bonds. The van der Waals surface area contributed by atoms with Crippen molar-refractivity contribution >= 4 is 15.5 Å². The van der Waals surface area contributed by atoms with E-state index in [-0.39, 0.29) is 4.90 Å². The summed E-state index contributed by atoms with van der Waals surface area (Å²) in [5, 5.41) is 7.21. The van der Waals surface area contributed by atoms with Gasteiger partial charge in [0.1, 0.15) is 0 Å². The van der Waals surface area contributed by atoms with Gasteiger partial charge in [-0.15, -0.1) is 0 Å². The van der Waals surface area contributed by atoms with Crippen molar-refractivity contribution in [1.29, 1.82) is 0 Å². The quantitative estimate of drug-likeness (QED) is 0.889. The number of halogens is 2. The van der Waals surface area contributed by atoms with E-state index in [0.29, 0.717) is 12.2 Å². The molecule has 0 aliphatic carbocycles. The Kier molecular flexibility index (Phi) is 4.56. The minimum absolute atomic E-state index is 0.387. The van der Waals surface area contributed by atoms with Crippen molar-refractivity contribution in [3.8, 4) is 0 Å². The molecule has 1 aromatic carbocycles. The summed E-state index contributed by atoms with van der Waals surface area (Å²) in [6.45, 7) is 3.23. The maximum Gasteiger partial charge on any atom is 0.341 e. The Morgan fingerprint density at radius 1 is 1.24 bits per heavy atom. The second-order valence-electron chi connectivity index (χ2n) is 4.32. The molecule has 0 radical (unpaired) electrons. The summed E-state index contributed by atoms with van der Waals surface area (Å²) in [5.41, 5.74) is 1.62. The summed E-state index contributed by atoms with van der Waals surface area (Å²) in [6.07, 6.45) is 1.69. The zero-order valence-electron chi connectivity index (χ0n) is 11.3. The van der Waals surface area contributed by atoms with E-state index in [2.05, 4.69) is 10.4 Å². The van der Waals surface area contributed by atoms with Crippen molar-refractivity contribution in [3.63, 3.8) is 0 Å². The van der Waals surface area contributed by atoms with Crippen LogP contribution in [0.1, 0.15) is 12.6 Å². The van der Waals surface area contributed by atoms with Crippen LogP contribution in [0.2, 0.25) is 0 Å². The van der Waals surface area contributed by atoms with Gasteiger partial charge in [-0.25, -0.2) is 8.42 Å². The number of nitrogens with zero attached hydrogens (tertiary/aromatic N) is 2. The molecule has 2 aromatic rings. The highest BCUT2D eigenvalue weighted by molar-refractivity contribution is 7.91. The first-order chi connectivity index (χ1) is 9.95. The molecule has 1 aromatic heterocycles. The largest absolute Gasteiger partial charge is 0.379 e. The minimum Gasteiger partial charge on any atom is -0.379 e. The Balaban J connectivity index is 2.07. The molecule has 0 aliphatic heterocycles. The summed E-state index contributed by atoms with van der Waals surface area (Å²) in [4.78, 5) is -0.387. The van der Waals surface area contributed by atoms with Crippen molar-refractivity contribution in [2.45, 2.75) is 30.7 Å². The lowest BCUT2D eigenvalue weighted by atomic mass is 10.3. The summed E-state index contributed by atoms with van der Waals surface area (Å²) in [7, 11) is -4.54. The lowest BCUT2D eigenvalue weighted by Crippen LogP contribution is -2.11. The van der Waals surface area contributed by atoms with Crippen LogP contribution < -0.4 is 5.32 Å². The van der Waals surface area contributed by atoms with E-state index in [9.17, 15) is 17.2 Å². The predicted octanol–water partition coefficient (Wildman–Crippen LogP) is 2.51. The third-order valence-corrected chi connectivity index (χ3v) is 4.39. The Bertz CT molecular complexity index is 696. The summed E-state index contributed by atoms with van der Waals surface area (Å²) >= 11 is 0. The third-order valence-electron chi connectivity index (χ3n) is 3.00. The zero-order chi connectivity index (χ0) is 15.5. The van der Waals surface area contributed by atoms with Gasteiger partial charge in [0.2, 0.25) is 9.84 Å². The normalized spacial score (nSPS) is 11.8. The first-order valence-corrected chi connectivity index (χ1v) is 7.86. The van der Waals surface area contributed by atoms with Gasteiger partial charge in [-0.05, 0) is 37.3 Å². The van der Waals surface area contributed by atoms with Crippen LogP contribution in [0.3, 0.4) is 0 Å². The van der Waals surface area contributed by atoms with Crippen LogP contribution in [0.25, 0.3) is 0 Å². The lowest BCUT2D eigenvalue weighted by molar-refractivity contribution is 0.234. The predicted molar refractivity (Wildman–Crippen MR) is 74.9 cm³/mol. The average Bonchev–Trinajstić information content (AvgIpc) is 2.92. The van der Waals surface area contributed by atoms with E-state index in [1.54, 1.807) is 6.20 Å². The molecule has 0 saturated heterocycles. The van der Waals surface area contributed by atoms with Crippen molar-refractivity contribution in [1.82, 2.24) is 9.78 Å². The number of aromatic nitrogens is 2. The number of rotatable bonds is 6. The Morgan fingerprint density at radius 3 is 2.48 bits per heavy atom. The van der Waals surface area contributed by atoms with Gasteiger partial charge in [0.25, 0.3) is 0 Å². The second-order valence-corrected chi connectivity index (χ2v) is 6.24. The van der Waals surface area contributed by atoms with Crippen LogP contribution in [0, 0.1) is 0 Å². The Labute approximate surface area is 121 Å². The van der Waals surface area contributed by atoms with E-state index >= 15 is 0 Å². The first kappa shape index (κ1) is 15.4. The van der Waals surface area contributed by atoms with E-state index in [1.165, 1.54) is 24.3 Å². The molecule has 21 heavy (non-hydrogen) atoms. The summed E-state index contributed by atoms with van der Waals surface area (Å²) in [5.74, 6) is -3.41. The molecule has 0 fully saturated rings. The van der Waals surface area contributed by atoms with Crippen molar-refractivity contribution in [2.24, 2.45) is 0 Å². The number of sulfone groups is 1. The smallest absolute Gasteiger partial charge is 0.341 e. The molecule has 114 valence electrons. The van der Waals surface area contributed by atoms with Crippen LogP contribution >= 0.6 is 0 Å². The fourth-order valence-corrected chi connectivity index (χ4v) is 2.57. The van der Waals surface area contributed by atoms with E-state index in [0.717, 1.165) is 12.2 Å². The van der Waals surface area contributed by atoms with Crippen LogP contribution in [0.5, 0.6) is 0 Å². The van der Waals surface area contributed by atoms with Crippen LogP contribution in [0.4, 0.5) is 14.5 Å². The highest BCUT2D eigenvalue weighted by atomic mass is 32.2. The van der Waals surface area contributed by atoms with E-state index in [1.807, 2.05) is 17.7 Å². The molecule has 0 spiro atoms. The first-order valence-electron chi connectivity index (χ1n) is 6.32. The number of hydrogen-bond acceptors (Lipinski definition) is 4. The highest BCUT2D eigenvalue weighted by Crippen LogP contribution is 2.20. The fourth-order valence-electron chi connectivity index (χ4n) is 1.85. The highest BCUT2D eigenvalue weighted by Gasteiger charge is 2.26. The van der Waals surface area contributed by atoms with Gasteiger partial charge in [0.05, 0.1) is 17.1 Å². The molecule has 5 nitrogen and oxygen atoms in total. The van der Waals surface area contributed by atoms with Crippen LogP contribution in [0.15, 0.2) is 41.4 Å². The molecule has 0 unspecified atom stereocenters. The maximum absolute atomic E-state index is 12.4. The monoisotopic (exact) mass is 315 g/mol. The molecule has 1 N–H and O–H groups in total. The molecule has 0 bridgehead atoms. The summed E-state index contributed by atoms with van der Waals surface area (Å²) in [6, 6.07) is 7.12. The Morgan fingerprint density at radius 2 is 1.90 bits per heavy atom. The number of aryl methyl sites for hydroxylation is 1. The maximum atomic E-state index is 12.4. The molecular formula is C13H15F2N3O2S. The minimum atomic E-state index is -4.54. The molecule has 8 heteroatoms. The standard InChI is InChI=1S/C13H15F2N3O2S/c1-2-18-11(7-8-17-18)9-16-10-3-5-12(6-4-10)21(19,20)13(14)15/h3-8,13,16H,2,9H2,1H3. The van der Waals surface area contributed by atoms with Crippen LogP contribution in [-0.4, -0.2) is 24.0 Å². The topological polar surface area (TPSA) is 64.0 Å². The number of hydrogen-bond donors (Lipinski definition) is 1. The van der Waals surface area contributed by atoms with Crippen LogP contribution in [-0.2, 0) is 22.9 Å². The Hall–Kier alpha value is -1.96. The zero-order valence-corrected chi connectivity index (χ0v) is 12.1. The number of nitrogens with one attached hydrogen (secondary N) is 1. The average molecular weight is 315 g/mol. The van der Waals surface area contributed by atoms with Gasteiger partial charge in [0.15, 0.2) is 0 Å². The second kappa shape index (κ2) is 6.21. The van der Waals surface area contributed by atoms with E-state index in [4.69, 9.17) is 0 Å². The van der Waals surface area contributed by atoms with Gasteiger partial charge in [-0.1, -0.05) is 0 Å². The molecule has 2 rings (SSSR count). The number of benzene rings is 1. The molecule has 0 saturated carbocycles. The molecular weight excluding hydrogens is 300 g/mol. The van der Waals surface area contributed by atoms with Gasteiger partial charge in [-0.3, -0.25) is 4.68 Å². The fraction of sp³-hybridized carbons (Fsp3) is 0.308. The summed E-state index contributed by atoms with van der Waals surface area (Å²) < 4.78 is 49.2. The lowest BCUT2D eigenvalue weighted by Gasteiger charge is -2.09. The van der Waals surface area contributed by atoms with Crippen molar-refractivity contribution in [3.05, 3.63) is 42.2 Å². The molecule has 0 atom stereocenters.